The zero-order valence-corrected chi connectivity index (χ0v) is 18.0. The summed E-state index contributed by atoms with van der Waals surface area (Å²) < 4.78 is 37.4. The lowest BCUT2D eigenvalue weighted by Crippen LogP contribution is -2.28. The van der Waals surface area contributed by atoms with Gasteiger partial charge in [-0.25, -0.2) is 13.8 Å². The maximum Gasteiger partial charge on any atom is 0.271 e. The van der Waals surface area contributed by atoms with Crippen LogP contribution in [0, 0.1) is 11.6 Å². The smallest absolute Gasteiger partial charge is 0.271 e. The number of amides is 1. The largest absolute Gasteiger partial charge is 0.497 e. The molecule has 1 saturated heterocycles. The van der Waals surface area contributed by atoms with Crippen molar-refractivity contribution >= 4 is 40.3 Å². The first-order valence-electron chi connectivity index (χ1n) is 9.54. The number of carbonyl (C=O) groups excluding carboxylic acids is 1. The Kier molecular flexibility index (Phi) is 6.23. The zero-order valence-electron chi connectivity index (χ0n) is 17.2. The molecular weight excluding hydrogens is 434 g/mol. The minimum atomic E-state index is -0.415. The number of amidine groups is 1. The molecular formula is C24H18F2N2O3S. The molecule has 0 unspecified atom stereocenters. The molecule has 8 heteroatoms. The molecule has 0 N–H and O–H groups in total. The minimum Gasteiger partial charge on any atom is -0.497 e. The van der Waals surface area contributed by atoms with Crippen molar-refractivity contribution in [3.63, 3.8) is 0 Å². The average molecular weight is 452 g/mol. The van der Waals surface area contributed by atoms with Crippen LogP contribution in [0.2, 0.25) is 0 Å². The van der Waals surface area contributed by atoms with E-state index in [-0.39, 0.29) is 11.7 Å². The van der Waals surface area contributed by atoms with E-state index in [2.05, 4.69) is 4.99 Å². The predicted octanol–water partition coefficient (Wildman–Crippen LogP) is 5.79. The summed E-state index contributed by atoms with van der Waals surface area (Å²) in [6.07, 6.45) is 1.69. The monoisotopic (exact) mass is 452 g/mol. The molecule has 1 aliphatic rings. The number of rotatable bonds is 5. The van der Waals surface area contributed by atoms with Crippen LogP contribution in [0.5, 0.6) is 11.5 Å². The van der Waals surface area contributed by atoms with Gasteiger partial charge in [-0.3, -0.25) is 9.69 Å². The molecule has 32 heavy (non-hydrogen) atoms. The maximum atomic E-state index is 13.5. The molecule has 162 valence electrons. The standard InChI is InChI=1S/C24H18F2N2O3S/c1-30-20-11-12-21(31-2)15(13-20)14-22-23(29)28(19-9-5-17(26)6-10-19)24(32-22)27-18-7-3-16(25)4-8-18/h3-14H,1-2H3. The van der Waals surface area contributed by atoms with Crippen LogP contribution in [0.4, 0.5) is 20.2 Å². The third-order valence-corrected chi connectivity index (χ3v) is 5.63. The summed E-state index contributed by atoms with van der Waals surface area (Å²) in [6, 6.07) is 16.4. The number of carbonyl (C=O) groups is 1. The molecule has 3 aromatic carbocycles. The van der Waals surface area contributed by atoms with Gasteiger partial charge >= 0.3 is 0 Å². The molecule has 3 aromatic rings. The third-order valence-electron chi connectivity index (χ3n) is 4.67. The van der Waals surface area contributed by atoms with Crippen molar-refractivity contribution in [2.24, 2.45) is 4.99 Å². The van der Waals surface area contributed by atoms with Crippen LogP contribution in [0.1, 0.15) is 5.56 Å². The van der Waals surface area contributed by atoms with Gasteiger partial charge in [0, 0.05) is 5.56 Å². The Morgan fingerprint density at radius 1 is 0.906 bits per heavy atom. The molecule has 1 aliphatic heterocycles. The fraction of sp³-hybridized carbons (Fsp3) is 0.0833. The van der Waals surface area contributed by atoms with Crippen LogP contribution in [0.3, 0.4) is 0 Å². The SMILES string of the molecule is COc1ccc(OC)c(C=C2SC(=Nc3ccc(F)cc3)N(c3ccc(F)cc3)C2=O)c1. The molecule has 1 heterocycles. The van der Waals surface area contributed by atoms with E-state index in [0.29, 0.717) is 38.5 Å². The van der Waals surface area contributed by atoms with Crippen molar-refractivity contribution in [2.75, 3.05) is 19.1 Å². The lowest BCUT2D eigenvalue weighted by Gasteiger charge is -2.15. The zero-order chi connectivity index (χ0) is 22.7. The van der Waals surface area contributed by atoms with Gasteiger partial charge in [0.1, 0.15) is 23.1 Å². The summed E-state index contributed by atoms with van der Waals surface area (Å²) in [4.78, 5) is 19.6. The second-order valence-corrected chi connectivity index (χ2v) is 7.72. The Morgan fingerprint density at radius 2 is 1.56 bits per heavy atom. The highest BCUT2D eigenvalue weighted by atomic mass is 32.2. The van der Waals surface area contributed by atoms with E-state index < -0.39 is 5.82 Å². The van der Waals surface area contributed by atoms with E-state index >= 15 is 0 Å². The summed E-state index contributed by atoms with van der Waals surface area (Å²) in [5.74, 6) is 0.0622. The summed E-state index contributed by atoms with van der Waals surface area (Å²) in [5, 5.41) is 0.362. The second-order valence-electron chi connectivity index (χ2n) is 6.71. The lowest BCUT2D eigenvalue weighted by molar-refractivity contribution is -0.113. The van der Waals surface area contributed by atoms with E-state index in [1.807, 2.05) is 0 Å². The van der Waals surface area contributed by atoms with Crippen LogP contribution >= 0.6 is 11.8 Å². The molecule has 5 nitrogen and oxygen atoms in total. The summed E-state index contributed by atoms with van der Waals surface area (Å²) in [5.41, 5.74) is 1.60. The van der Waals surface area contributed by atoms with Crippen LogP contribution in [-0.4, -0.2) is 25.3 Å². The third kappa shape index (κ3) is 4.50. The van der Waals surface area contributed by atoms with Gasteiger partial charge in [-0.1, -0.05) is 0 Å². The molecule has 4 rings (SSSR count). The van der Waals surface area contributed by atoms with Crippen LogP contribution in [0.25, 0.3) is 6.08 Å². The van der Waals surface area contributed by atoms with Gasteiger partial charge in [0.15, 0.2) is 5.17 Å². The Hall–Kier alpha value is -3.65. The number of hydrogen-bond acceptors (Lipinski definition) is 5. The van der Waals surface area contributed by atoms with Crippen LogP contribution in [0.15, 0.2) is 76.6 Å². The van der Waals surface area contributed by atoms with E-state index in [9.17, 15) is 13.6 Å². The molecule has 0 atom stereocenters. The minimum absolute atomic E-state index is 0.327. The Balaban J connectivity index is 1.79. The van der Waals surface area contributed by atoms with Crippen molar-refractivity contribution < 1.29 is 23.0 Å². The Morgan fingerprint density at radius 3 is 2.19 bits per heavy atom. The molecule has 0 radical (unpaired) electrons. The number of ether oxygens (including phenoxy) is 2. The maximum absolute atomic E-state index is 13.5. The van der Waals surface area contributed by atoms with Gasteiger partial charge in [0.25, 0.3) is 5.91 Å². The van der Waals surface area contributed by atoms with Gasteiger partial charge in [-0.15, -0.1) is 0 Å². The van der Waals surface area contributed by atoms with Crippen molar-refractivity contribution in [1.29, 1.82) is 0 Å². The highest BCUT2D eigenvalue weighted by molar-refractivity contribution is 8.19. The molecule has 0 aliphatic carbocycles. The van der Waals surface area contributed by atoms with Gasteiger partial charge in [-0.05, 0) is 84.6 Å². The second kappa shape index (κ2) is 9.23. The first-order chi connectivity index (χ1) is 15.5. The number of thioether (sulfide) groups is 1. The summed E-state index contributed by atoms with van der Waals surface area (Å²) >= 11 is 1.16. The van der Waals surface area contributed by atoms with Gasteiger partial charge in [-0.2, -0.15) is 0 Å². The number of halogens is 2. The van der Waals surface area contributed by atoms with Crippen LogP contribution in [-0.2, 0) is 4.79 Å². The van der Waals surface area contributed by atoms with Crippen molar-refractivity contribution in [1.82, 2.24) is 0 Å². The van der Waals surface area contributed by atoms with E-state index in [0.717, 1.165) is 11.8 Å². The average Bonchev–Trinajstić information content (AvgIpc) is 3.10. The van der Waals surface area contributed by atoms with Crippen molar-refractivity contribution in [3.05, 3.63) is 88.8 Å². The topological polar surface area (TPSA) is 51.1 Å². The predicted molar refractivity (Wildman–Crippen MR) is 122 cm³/mol. The molecule has 0 aromatic heterocycles. The van der Waals surface area contributed by atoms with Crippen LogP contribution < -0.4 is 14.4 Å². The molecule has 0 saturated carbocycles. The van der Waals surface area contributed by atoms with E-state index in [1.165, 1.54) is 53.4 Å². The van der Waals surface area contributed by atoms with Crippen molar-refractivity contribution in [3.8, 4) is 11.5 Å². The number of nitrogens with zero attached hydrogens (tertiary/aromatic N) is 2. The first kappa shape index (κ1) is 21.6. The van der Waals surface area contributed by atoms with E-state index in [4.69, 9.17) is 9.47 Å². The van der Waals surface area contributed by atoms with Crippen molar-refractivity contribution in [2.45, 2.75) is 0 Å². The highest BCUT2D eigenvalue weighted by Gasteiger charge is 2.35. The van der Waals surface area contributed by atoms with E-state index in [1.54, 1.807) is 38.5 Å². The molecule has 1 amide bonds. The lowest BCUT2D eigenvalue weighted by atomic mass is 10.1. The molecule has 0 spiro atoms. The number of anilines is 1. The normalized spacial score (nSPS) is 16.1. The number of benzene rings is 3. The highest BCUT2D eigenvalue weighted by Crippen LogP contribution is 2.39. The van der Waals surface area contributed by atoms with Gasteiger partial charge in [0.2, 0.25) is 0 Å². The van der Waals surface area contributed by atoms with Gasteiger partial charge in [0.05, 0.1) is 30.5 Å². The fourth-order valence-corrected chi connectivity index (χ4v) is 4.08. The summed E-state index contributed by atoms with van der Waals surface area (Å²) in [7, 11) is 3.09. The number of hydrogen-bond donors (Lipinski definition) is 0. The molecule has 0 bridgehead atoms. The quantitative estimate of drug-likeness (QED) is 0.460. The number of methoxy groups -OCH3 is 2. The Labute approximate surface area is 188 Å². The first-order valence-corrected chi connectivity index (χ1v) is 10.4. The van der Waals surface area contributed by atoms with Gasteiger partial charge < -0.3 is 9.47 Å². The number of aliphatic imine (C=N–C) groups is 1. The fourth-order valence-electron chi connectivity index (χ4n) is 3.09. The Bertz CT molecular complexity index is 1210. The summed E-state index contributed by atoms with van der Waals surface area (Å²) in [6.45, 7) is 0. The molecule has 1 fully saturated rings.